The van der Waals surface area contributed by atoms with Gasteiger partial charge >= 0.3 is 5.97 Å². The molecule has 2 heterocycles. The number of nitrogens with one attached hydrogen (secondary N) is 2. The average molecular weight is 346 g/mol. The number of nitro groups is 2. The zero-order valence-corrected chi connectivity index (χ0v) is 13.4. The molecule has 10 nitrogen and oxygen atoms in total. The highest BCUT2D eigenvalue weighted by molar-refractivity contribution is 5.96. The molecule has 2 atom stereocenters. The van der Waals surface area contributed by atoms with Crippen molar-refractivity contribution in [2.45, 2.75) is 18.4 Å². The molecule has 130 valence electrons. The van der Waals surface area contributed by atoms with Crippen molar-refractivity contribution >= 4 is 17.3 Å². The molecule has 0 aromatic heterocycles. The van der Waals surface area contributed by atoms with Gasteiger partial charge in [0, 0.05) is 11.8 Å². The number of nitro benzene ring substituents is 1. The van der Waals surface area contributed by atoms with E-state index in [9.17, 15) is 25.0 Å². The maximum absolute atomic E-state index is 12.6. The van der Waals surface area contributed by atoms with Crippen molar-refractivity contribution in [3.05, 3.63) is 67.7 Å². The highest BCUT2D eigenvalue weighted by Gasteiger charge is 2.63. The molecule has 25 heavy (non-hydrogen) atoms. The number of nitrogens with zero attached hydrogens (tertiary/aromatic N) is 2. The summed E-state index contributed by atoms with van der Waals surface area (Å²) in [5.74, 6) is -1.94. The third kappa shape index (κ3) is 2.00. The van der Waals surface area contributed by atoms with Gasteiger partial charge in [-0.25, -0.2) is 4.79 Å². The monoisotopic (exact) mass is 346 g/mol. The number of hydrogen-bond donors (Lipinski definition) is 2. The second-order valence-corrected chi connectivity index (χ2v) is 5.73. The molecule has 0 spiro atoms. The summed E-state index contributed by atoms with van der Waals surface area (Å²) in [6.07, 6.45) is 0. The smallest absolute Gasteiger partial charge is 0.339 e. The van der Waals surface area contributed by atoms with Gasteiger partial charge in [-0.1, -0.05) is 18.7 Å². The van der Waals surface area contributed by atoms with E-state index in [0.717, 1.165) is 7.11 Å². The molecule has 2 N–H and O–H groups in total. The number of fused-ring (bicyclic) bond motifs is 3. The Morgan fingerprint density at radius 3 is 2.56 bits per heavy atom. The molecule has 0 aliphatic carbocycles. The Hall–Kier alpha value is -3.43. The minimum atomic E-state index is -1.74. The van der Waals surface area contributed by atoms with Gasteiger partial charge in [-0.2, -0.15) is 0 Å². The van der Waals surface area contributed by atoms with Crippen LogP contribution in [0.3, 0.4) is 0 Å². The van der Waals surface area contributed by atoms with E-state index in [1.165, 1.54) is 25.1 Å². The molecule has 10 heteroatoms. The Balaban J connectivity index is 2.38. The zero-order valence-electron chi connectivity index (χ0n) is 13.4. The Morgan fingerprint density at radius 2 is 2.00 bits per heavy atom. The molecule has 0 saturated heterocycles. The number of para-hydroxylation sites is 1. The van der Waals surface area contributed by atoms with Crippen molar-refractivity contribution in [1.29, 1.82) is 0 Å². The molecular weight excluding hydrogens is 332 g/mol. The summed E-state index contributed by atoms with van der Waals surface area (Å²) in [4.78, 5) is 34.4. The van der Waals surface area contributed by atoms with Crippen molar-refractivity contribution in [3.8, 4) is 0 Å². The molecule has 2 aliphatic rings. The van der Waals surface area contributed by atoms with Gasteiger partial charge in [0.15, 0.2) is 5.54 Å². The first-order valence-corrected chi connectivity index (χ1v) is 7.21. The van der Waals surface area contributed by atoms with Gasteiger partial charge in [-0.3, -0.25) is 20.2 Å². The Morgan fingerprint density at radius 1 is 1.32 bits per heavy atom. The zero-order chi connectivity index (χ0) is 18.5. The van der Waals surface area contributed by atoms with Crippen LogP contribution in [-0.2, 0) is 9.53 Å². The normalized spacial score (nSPS) is 23.9. The van der Waals surface area contributed by atoms with Crippen LogP contribution in [0.2, 0.25) is 0 Å². The van der Waals surface area contributed by atoms with Crippen molar-refractivity contribution in [3.63, 3.8) is 0 Å². The lowest BCUT2D eigenvalue weighted by atomic mass is 9.75. The van der Waals surface area contributed by atoms with Crippen LogP contribution in [0.4, 0.5) is 11.4 Å². The SMILES string of the molecule is C=C1NC(C)=C([N+](=O)[O-])[C@H]2c3cccc([N+](=O)[O-])c3N[C@@]12C(=O)OC. The number of anilines is 1. The summed E-state index contributed by atoms with van der Waals surface area (Å²) >= 11 is 0. The van der Waals surface area contributed by atoms with Gasteiger partial charge in [-0.15, -0.1) is 0 Å². The second kappa shape index (κ2) is 5.30. The van der Waals surface area contributed by atoms with Crippen LogP contribution in [0.15, 0.2) is 41.9 Å². The molecule has 3 rings (SSSR count). The minimum Gasteiger partial charge on any atom is -0.467 e. The summed E-state index contributed by atoms with van der Waals surface area (Å²) in [5.41, 5.74) is -1.66. The number of rotatable bonds is 3. The van der Waals surface area contributed by atoms with E-state index in [4.69, 9.17) is 4.74 Å². The molecule has 0 bridgehead atoms. The summed E-state index contributed by atoms with van der Waals surface area (Å²) < 4.78 is 4.84. The first-order valence-electron chi connectivity index (χ1n) is 7.21. The van der Waals surface area contributed by atoms with Gasteiger partial charge in [0.25, 0.3) is 11.4 Å². The van der Waals surface area contributed by atoms with E-state index in [1.807, 2.05) is 0 Å². The molecular formula is C15H14N4O6. The molecule has 2 aliphatic heterocycles. The van der Waals surface area contributed by atoms with Crippen molar-refractivity contribution in [2.24, 2.45) is 0 Å². The standard InChI is InChI=1S/C15H14N4O6/c1-7-13(19(23)24)11-9-5-4-6-10(18(21)22)12(9)17-15(11,8(2)16-7)14(20)25-3/h4-6,11,16-17H,2H2,1,3H3/t11-,15+/m1/s1. The maximum atomic E-state index is 12.6. The average Bonchev–Trinajstić information content (AvgIpc) is 2.90. The fourth-order valence-electron chi connectivity index (χ4n) is 3.49. The number of allylic oxidation sites excluding steroid dienone is 1. The molecule has 1 aromatic rings. The first-order chi connectivity index (χ1) is 11.8. The van der Waals surface area contributed by atoms with Gasteiger partial charge in [0.2, 0.25) is 0 Å². The van der Waals surface area contributed by atoms with Crippen LogP contribution >= 0.6 is 0 Å². The van der Waals surface area contributed by atoms with Crippen LogP contribution in [0.25, 0.3) is 0 Å². The predicted molar refractivity (Wildman–Crippen MR) is 86.2 cm³/mol. The molecule has 0 saturated carbocycles. The number of ether oxygens (including phenoxy) is 1. The largest absolute Gasteiger partial charge is 0.467 e. The number of methoxy groups -OCH3 is 1. The maximum Gasteiger partial charge on any atom is 0.339 e. The fraction of sp³-hybridized carbons (Fsp3) is 0.267. The third-order valence-corrected chi connectivity index (χ3v) is 4.51. The molecule has 0 fully saturated rings. The number of carbonyl (C=O) groups is 1. The van der Waals surface area contributed by atoms with E-state index in [0.29, 0.717) is 0 Å². The number of carbonyl (C=O) groups excluding carboxylic acids is 1. The first kappa shape index (κ1) is 16.4. The summed E-state index contributed by atoms with van der Waals surface area (Å²) in [6.45, 7) is 5.28. The van der Waals surface area contributed by atoms with E-state index < -0.39 is 27.3 Å². The Bertz CT molecular complexity index is 877. The summed E-state index contributed by atoms with van der Waals surface area (Å²) in [7, 11) is 1.14. The summed E-state index contributed by atoms with van der Waals surface area (Å²) in [5, 5.41) is 28.5. The van der Waals surface area contributed by atoms with Gasteiger partial charge in [-0.05, 0) is 12.5 Å². The van der Waals surface area contributed by atoms with Gasteiger partial charge < -0.3 is 15.4 Å². The van der Waals surface area contributed by atoms with E-state index in [-0.39, 0.29) is 34.0 Å². The van der Waals surface area contributed by atoms with E-state index >= 15 is 0 Å². The lowest BCUT2D eigenvalue weighted by molar-refractivity contribution is -0.433. The number of benzene rings is 1. The topological polar surface area (TPSA) is 137 Å². The molecule has 0 radical (unpaired) electrons. The second-order valence-electron chi connectivity index (χ2n) is 5.73. The van der Waals surface area contributed by atoms with Crippen LogP contribution < -0.4 is 10.6 Å². The van der Waals surface area contributed by atoms with E-state index in [2.05, 4.69) is 17.2 Å². The Kier molecular flexibility index (Phi) is 3.48. The number of hydrogen-bond acceptors (Lipinski definition) is 8. The number of esters is 1. The highest BCUT2D eigenvalue weighted by Crippen LogP contribution is 2.54. The van der Waals surface area contributed by atoms with Gasteiger partial charge in [0.05, 0.1) is 22.7 Å². The fourth-order valence-corrected chi connectivity index (χ4v) is 3.49. The van der Waals surface area contributed by atoms with E-state index in [1.54, 1.807) is 0 Å². The van der Waals surface area contributed by atoms with Crippen LogP contribution in [-0.4, -0.2) is 28.5 Å². The lowest BCUT2D eigenvalue weighted by Crippen LogP contribution is -2.56. The minimum absolute atomic E-state index is 0.0416. The van der Waals surface area contributed by atoms with Crippen LogP contribution in [0, 0.1) is 20.2 Å². The van der Waals surface area contributed by atoms with Crippen molar-refractivity contribution in [1.82, 2.24) is 5.32 Å². The predicted octanol–water partition coefficient (Wildman–Crippen LogP) is 1.64. The molecule has 1 aromatic carbocycles. The highest BCUT2D eigenvalue weighted by atomic mass is 16.6. The van der Waals surface area contributed by atoms with Crippen molar-refractivity contribution < 1.29 is 19.4 Å². The molecule has 0 amide bonds. The van der Waals surface area contributed by atoms with Crippen molar-refractivity contribution in [2.75, 3.05) is 12.4 Å². The van der Waals surface area contributed by atoms with Gasteiger partial charge in [0.1, 0.15) is 11.6 Å². The summed E-state index contributed by atoms with van der Waals surface area (Å²) in [6, 6.07) is 4.19. The van der Waals surface area contributed by atoms with Crippen LogP contribution in [0.5, 0.6) is 0 Å². The third-order valence-electron chi connectivity index (χ3n) is 4.51. The lowest BCUT2D eigenvalue weighted by Gasteiger charge is -2.37. The molecule has 0 unspecified atom stereocenters. The van der Waals surface area contributed by atoms with Crippen LogP contribution in [0.1, 0.15) is 18.4 Å². The Labute approximate surface area is 141 Å². The quantitative estimate of drug-likeness (QED) is 0.479.